The third-order valence-corrected chi connectivity index (χ3v) is 4.72. The van der Waals surface area contributed by atoms with Crippen molar-refractivity contribution in [2.75, 3.05) is 5.75 Å². The summed E-state index contributed by atoms with van der Waals surface area (Å²) in [5, 5.41) is 8.70. The molecule has 0 amide bonds. The van der Waals surface area contributed by atoms with Crippen LogP contribution in [-0.4, -0.2) is 31.3 Å². The fourth-order valence-corrected chi connectivity index (χ4v) is 3.74. The average Bonchev–Trinajstić information content (AvgIpc) is 2.44. The molecule has 0 heterocycles. The summed E-state index contributed by atoms with van der Waals surface area (Å²) in [5.74, 6) is -2.27. The number of sulfonamides is 1. The van der Waals surface area contributed by atoms with Gasteiger partial charge in [0.15, 0.2) is 0 Å². The largest absolute Gasteiger partial charge is 0.481 e. The lowest BCUT2D eigenvalue weighted by Crippen LogP contribution is -2.38. The Hall–Kier alpha value is -0.620. The molecule has 2 N–H and O–H groups in total. The van der Waals surface area contributed by atoms with Crippen molar-refractivity contribution < 1.29 is 18.3 Å². The monoisotopic (exact) mass is 263 g/mol. The topological polar surface area (TPSA) is 83.5 Å². The van der Waals surface area contributed by atoms with Crippen molar-refractivity contribution in [1.82, 2.24) is 4.72 Å². The van der Waals surface area contributed by atoms with Crippen LogP contribution in [0.4, 0.5) is 0 Å². The first-order chi connectivity index (χ1) is 7.91. The van der Waals surface area contributed by atoms with E-state index in [0.29, 0.717) is 0 Å². The van der Waals surface area contributed by atoms with E-state index in [-0.39, 0.29) is 11.8 Å². The maximum Gasteiger partial charge on any atom is 0.307 e. The van der Waals surface area contributed by atoms with E-state index < -0.39 is 21.9 Å². The number of carboxylic acid groups (broad SMARTS) is 1. The van der Waals surface area contributed by atoms with Gasteiger partial charge in [-0.05, 0) is 12.8 Å². The maximum absolute atomic E-state index is 11.8. The molecule has 0 saturated heterocycles. The van der Waals surface area contributed by atoms with Gasteiger partial charge in [0.05, 0.1) is 11.7 Å². The lowest BCUT2D eigenvalue weighted by Gasteiger charge is -2.17. The van der Waals surface area contributed by atoms with E-state index in [1.54, 1.807) is 0 Å². The summed E-state index contributed by atoms with van der Waals surface area (Å²) in [5.41, 5.74) is 0. The van der Waals surface area contributed by atoms with E-state index in [4.69, 9.17) is 5.11 Å². The van der Waals surface area contributed by atoms with E-state index in [0.717, 1.165) is 38.5 Å². The van der Waals surface area contributed by atoms with Crippen LogP contribution >= 0.6 is 0 Å². The van der Waals surface area contributed by atoms with Crippen molar-refractivity contribution in [1.29, 1.82) is 0 Å². The highest BCUT2D eigenvalue weighted by molar-refractivity contribution is 7.89. The molecular weight excluding hydrogens is 242 g/mol. The Labute approximate surface area is 103 Å². The molecule has 1 aliphatic rings. The number of rotatable bonds is 5. The molecule has 1 atom stereocenters. The third kappa shape index (κ3) is 5.50. The summed E-state index contributed by atoms with van der Waals surface area (Å²) in [4.78, 5) is 10.6. The van der Waals surface area contributed by atoms with Gasteiger partial charge in [-0.15, -0.1) is 0 Å². The first kappa shape index (κ1) is 14.4. The Morgan fingerprint density at radius 3 is 2.29 bits per heavy atom. The normalized spacial score (nSPS) is 20.8. The lowest BCUT2D eigenvalue weighted by atomic mass is 10.1. The smallest absolute Gasteiger partial charge is 0.307 e. The van der Waals surface area contributed by atoms with Crippen LogP contribution in [0.15, 0.2) is 0 Å². The van der Waals surface area contributed by atoms with E-state index in [1.807, 2.05) is 0 Å². The molecule has 6 heteroatoms. The van der Waals surface area contributed by atoms with Crippen LogP contribution in [0, 0.1) is 5.92 Å². The summed E-state index contributed by atoms with van der Waals surface area (Å²) in [7, 11) is -3.47. The van der Waals surface area contributed by atoms with Crippen molar-refractivity contribution in [2.45, 2.75) is 51.5 Å². The Morgan fingerprint density at radius 1 is 1.29 bits per heavy atom. The van der Waals surface area contributed by atoms with Gasteiger partial charge in [-0.25, -0.2) is 13.1 Å². The van der Waals surface area contributed by atoms with Gasteiger partial charge in [0.25, 0.3) is 0 Å². The van der Waals surface area contributed by atoms with Gasteiger partial charge in [-0.3, -0.25) is 4.79 Å². The minimum Gasteiger partial charge on any atom is -0.481 e. The van der Waals surface area contributed by atoms with E-state index in [1.165, 1.54) is 6.92 Å². The third-order valence-electron chi connectivity index (χ3n) is 3.09. The number of aliphatic carboxylic acids is 1. The molecule has 0 bridgehead atoms. The lowest BCUT2D eigenvalue weighted by molar-refractivity contribution is -0.140. The van der Waals surface area contributed by atoms with Gasteiger partial charge in [-0.1, -0.05) is 32.6 Å². The summed E-state index contributed by atoms with van der Waals surface area (Å²) in [6.45, 7) is 1.41. The minimum atomic E-state index is -3.47. The summed E-state index contributed by atoms with van der Waals surface area (Å²) >= 11 is 0. The summed E-state index contributed by atoms with van der Waals surface area (Å²) in [6, 6.07) is -0.0107. The average molecular weight is 263 g/mol. The van der Waals surface area contributed by atoms with Crippen LogP contribution in [0.2, 0.25) is 0 Å². The second kappa shape index (κ2) is 6.35. The maximum atomic E-state index is 11.8. The molecule has 1 saturated carbocycles. The fourth-order valence-electron chi connectivity index (χ4n) is 2.10. The van der Waals surface area contributed by atoms with Crippen LogP contribution in [0.3, 0.4) is 0 Å². The fraction of sp³-hybridized carbons (Fsp3) is 0.909. The Morgan fingerprint density at radius 2 is 1.82 bits per heavy atom. The molecule has 1 fully saturated rings. The van der Waals surface area contributed by atoms with E-state index in [9.17, 15) is 13.2 Å². The van der Waals surface area contributed by atoms with Crippen LogP contribution in [0.25, 0.3) is 0 Å². The molecule has 0 radical (unpaired) electrons. The highest BCUT2D eigenvalue weighted by Gasteiger charge is 2.24. The number of nitrogens with one attached hydrogen (secondary N) is 1. The zero-order valence-corrected chi connectivity index (χ0v) is 11.0. The predicted molar refractivity (Wildman–Crippen MR) is 65.2 cm³/mol. The van der Waals surface area contributed by atoms with Gasteiger partial charge >= 0.3 is 5.97 Å². The van der Waals surface area contributed by atoms with Crippen molar-refractivity contribution in [3.05, 3.63) is 0 Å². The summed E-state index contributed by atoms with van der Waals surface area (Å²) < 4.78 is 26.1. The molecule has 0 aromatic rings. The second-order valence-corrected chi connectivity index (χ2v) is 6.63. The van der Waals surface area contributed by atoms with Crippen molar-refractivity contribution in [3.63, 3.8) is 0 Å². The van der Waals surface area contributed by atoms with Gasteiger partial charge in [-0.2, -0.15) is 0 Å². The van der Waals surface area contributed by atoms with Crippen LogP contribution in [-0.2, 0) is 14.8 Å². The molecule has 5 nitrogen and oxygen atoms in total. The van der Waals surface area contributed by atoms with E-state index >= 15 is 0 Å². The molecule has 1 aliphatic carbocycles. The molecule has 100 valence electrons. The van der Waals surface area contributed by atoms with E-state index in [2.05, 4.69) is 4.72 Å². The quantitative estimate of drug-likeness (QED) is 0.733. The molecular formula is C11H21NO4S. The molecule has 0 spiro atoms. The zero-order chi connectivity index (χ0) is 12.9. The molecule has 0 aliphatic heterocycles. The Kier molecular flexibility index (Phi) is 5.39. The second-order valence-electron chi connectivity index (χ2n) is 4.83. The highest BCUT2D eigenvalue weighted by Crippen LogP contribution is 2.18. The SMILES string of the molecule is CC(CS(=O)(=O)NC1CCCCCC1)C(=O)O. The van der Waals surface area contributed by atoms with Crippen molar-refractivity contribution in [2.24, 2.45) is 5.92 Å². The van der Waals surface area contributed by atoms with Crippen LogP contribution in [0.5, 0.6) is 0 Å². The predicted octanol–water partition coefficient (Wildman–Crippen LogP) is 1.35. The Bertz CT molecular complexity index is 344. The number of hydrogen-bond donors (Lipinski definition) is 2. The first-order valence-corrected chi connectivity index (χ1v) is 7.79. The zero-order valence-electron chi connectivity index (χ0n) is 10.2. The van der Waals surface area contributed by atoms with Crippen LogP contribution in [0.1, 0.15) is 45.4 Å². The summed E-state index contributed by atoms with van der Waals surface area (Å²) in [6.07, 6.45) is 6.12. The van der Waals surface area contributed by atoms with Crippen molar-refractivity contribution >= 4 is 16.0 Å². The number of hydrogen-bond acceptors (Lipinski definition) is 3. The van der Waals surface area contributed by atoms with Gasteiger partial charge in [0.1, 0.15) is 0 Å². The van der Waals surface area contributed by atoms with Gasteiger partial charge in [0.2, 0.25) is 10.0 Å². The molecule has 1 rings (SSSR count). The van der Waals surface area contributed by atoms with Gasteiger partial charge in [0, 0.05) is 6.04 Å². The van der Waals surface area contributed by atoms with Gasteiger partial charge < -0.3 is 5.11 Å². The minimum absolute atomic E-state index is 0.0107. The molecule has 0 aromatic heterocycles. The Balaban J connectivity index is 2.50. The first-order valence-electron chi connectivity index (χ1n) is 6.13. The van der Waals surface area contributed by atoms with Crippen molar-refractivity contribution in [3.8, 4) is 0 Å². The molecule has 17 heavy (non-hydrogen) atoms. The molecule has 0 aromatic carbocycles. The standard InChI is InChI=1S/C11H21NO4S/c1-9(11(13)14)8-17(15,16)12-10-6-4-2-3-5-7-10/h9-10,12H,2-8H2,1H3,(H,13,14). The number of carboxylic acids is 1. The van der Waals surface area contributed by atoms with Crippen LogP contribution < -0.4 is 4.72 Å². The highest BCUT2D eigenvalue weighted by atomic mass is 32.2. The number of carbonyl (C=O) groups is 1. The molecule has 1 unspecified atom stereocenters.